The highest BCUT2D eigenvalue weighted by Gasteiger charge is 2.06. The Morgan fingerprint density at radius 1 is 1.18 bits per heavy atom. The maximum Gasteiger partial charge on any atom is 0.321 e. The first kappa shape index (κ1) is 16.5. The number of ether oxygens (including phenoxy) is 1. The molecule has 6 heteroatoms. The van der Waals surface area contributed by atoms with E-state index in [4.69, 9.17) is 27.9 Å². The molecule has 0 aromatic heterocycles. The molecule has 2 amide bonds. The van der Waals surface area contributed by atoms with Crippen LogP contribution in [0.25, 0.3) is 0 Å². The summed E-state index contributed by atoms with van der Waals surface area (Å²) >= 11 is 11.8. The summed E-state index contributed by atoms with van der Waals surface area (Å²) in [6, 6.07) is 10.3. The topological polar surface area (TPSA) is 50.4 Å². The molecule has 0 heterocycles. The molecule has 0 saturated carbocycles. The van der Waals surface area contributed by atoms with Gasteiger partial charge >= 0.3 is 6.03 Å². The number of carbonyl (C=O) groups excluding carboxylic acids is 1. The van der Waals surface area contributed by atoms with Gasteiger partial charge in [-0.1, -0.05) is 35.3 Å². The van der Waals surface area contributed by atoms with E-state index in [9.17, 15) is 4.79 Å². The molecule has 0 atom stereocenters. The second-order valence-corrected chi connectivity index (χ2v) is 5.59. The van der Waals surface area contributed by atoms with E-state index in [1.54, 1.807) is 18.2 Å². The van der Waals surface area contributed by atoms with Gasteiger partial charge in [0.05, 0.1) is 5.02 Å². The van der Waals surface area contributed by atoms with Crippen LogP contribution in [0.4, 0.5) is 10.5 Å². The summed E-state index contributed by atoms with van der Waals surface area (Å²) in [6.07, 6.45) is 0. The molecule has 0 bridgehead atoms. The molecular formula is C16H16Cl2N2O2. The zero-order valence-electron chi connectivity index (χ0n) is 12.2. The number of amides is 2. The SMILES string of the molecule is Cc1cccc(NC(=O)NCOc2ccc(Cl)cc2Cl)c1C. The fraction of sp³-hybridized carbons (Fsp3) is 0.188. The fourth-order valence-electron chi connectivity index (χ4n) is 1.82. The van der Waals surface area contributed by atoms with Crippen molar-refractivity contribution in [3.8, 4) is 5.75 Å². The molecule has 4 nitrogen and oxygen atoms in total. The summed E-state index contributed by atoms with van der Waals surface area (Å²) in [6.45, 7) is 3.94. The van der Waals surface area contributed by atoms with Crippen molar-refractivity contribution in [2.24, 2.45) is 0 Å². The molecule has 2 aromatic carbocycles. The van der Waals surface area contributed by atoms with Crippen LogP contribution in [0.15, 0.2) is 36.4 Å². The second-order valence-electron chi connectivity index (χ2n) is 4.74. The number of halogens is 2. The summed E-state index contributed by atoms with van der Waals surface area (Å²) < 4.78 is 5.39. The minimum Gasteiger partial charge on any atom is -0.472 e. The molecular weight excluding hydrogens is 323 g/mol. The van der Waals surface area contributed by atoms with E-state index < -0.39 is 0 Å². The average molecular weight is 339 g/mol. The van der Waals surface area contributed by atoms with Gasteiger partial charge in [0.2, 0.25) is 0 Å². The van der Waals surface area contributed by atoms with Gasteiger partial charge in [-0.15, -0.1) is 0 Å². The number of rotatable bonds is 4. The van der Waals surface area contributed by atoms with E-state index in [0.29, 0.717) is 15.8 Å². The molecule has 2 N–H and O–H groups in total. The zero-order chi connectivity index (χ0) is 16.1. The van der Waals surface area contributed by atoms with Crippen LogP contribution in [0.2, 0.25) is 10.0 Å². The van der Waals surface area contributed by atoms with E-state index in [2.05, 4.69) is 10.6 Å². The first-order chi connectivity index (χ1) is 10.5. The van der Waals surface area contributed by atoms with Crippen LogP contribution >= 0.6 is 23.2 Å². The highest BCUT2D eigenvalue weighted by molar-refractivity contribution is 6.35. The van der Waals surface area contributed by atoms with Crippen LogP contribution in [0, 0.1) is 13.8 Å². The number of aryl methyl sites for hydroxylation is 1. The van der Waals surface area contributed by atoms with E-state index >= 15 is 0 Å². The van der Waals surface area contributed by atoms with Crippen molar-refractivity contribution >= 4 is 34.9 Å². The Hall–Kier alpha value is -1.91. The summed E-state index contributed by atoms with van der Waals surface area (Å²) in [4.78, 5) is 11.8. The highest BCUT2D eigenvalue weighted by Crippen LogP contribution is 2.27. The van der Waals surface area contributed by atoms with Crippen molar-refractivity contribution in [3.63, 3.8) is 0 Å². The number of anilines is 1. The molecule has 116 valence electrons. The maximum absolute atomic E-state index is 11.8. The third kappa shape index (κ3) is 4.29. The van der Waals surface area contributed by atoms with Crippen molar-refractivity contribution in [1.82, 2.24) is 5.32 Å². The highest BCUT2D eigenvalue weighted by atomic mass is 35.5. The van der Waals surface area contributed by atoms with Crippen molar-refractivity contribution < 1.29 is 9.53 Å². The van der Waals surface area contributed by atoms with Gasteiger partial charge in [-0.3, -0.25) is 0 Å². The lowest BCUT2D eigenvalue weighted by Crippen LogP contribution is -2.32. The lowest BCUT2D eigenvalue weighted by atomic mass is 10.1. The zero-order valence-corrected chi connectivity index (χ0v) is 13.8. The van der Waals surface area contributed by atoms with Crippen molar-refractivity contribution in [2.75, 3.05) is 12.0 Å². The average Bonchev–Trinajstić information content (AvgIpc) is 2.46. The number of hydrogen-bond donors (Lipinski definition) is 2. The van der Waals surface area contributed by atoms with Crippen LogP contribution in [0.3, 0.4) is 0 Å². The molecule has 0 fully saturated rings. The van der Waals surface area contributed by atoms with E-state index in [0.717, 1.165) is 16.8 Å². The summed E-state index contributed by atoms with van der Waals surface area (Å²) in [5.74, 6) is 0.457. The van der Waals surface area contributed by atoms with Gasteiger partial charge in [0.25, 0.3) is 0 Å². The Balaban J connectivity index is 1.87. The Morgan fingerprint density at radius 3 is 2.68 bits per heavy atom. The third-order valence-corrected chi connectivity index (χ3v) is 3.74. The molecule has 0 aliphatic carbocycles. The number of hydrogen-bond acceptors (Lipinski definition) is 2. The van der Waals surface area contributed by atoms with Gasteiger partial charge in [-0.2, -0.15) is 0 Å². The predicted molar refractivity (Wildman–Crippen MR) is 90.0 cm³/mol. The normalized spacial score (nSPS) is 10.2. The molecule has 0 unspecified atom stereocenters. The molecule has 0 saturated heterocycles. The van der Waals surface area contributed by atoms with E-state index in [1.807, 2.05) is 32.0 Å². The Bertz CT molecular complexity index is 690. The minimum absolute atomic E-state index is 0.00194. The number of carbonyl (C=O) groups is 1. The third-order valence-electron chi connectivity index (χ3n) is 3.21. The van der Waals surface area contributed by atoms with Crippen molar-refractivity contribution in [1.29, 1.82) is 0 Å². The first-order valence-electron chi connectivity index (χ1n) is 6.66. The number of benzene rings is 2. The van der Waals surface area contributed by atoms with Crippen LogP contribution in [-0.2, 0) is 0 Å². The number of urea groups is 1. The van der Waals surface area contributed by atoms with Gasteiger partial charge in [-0.05, 0) is 49.2 Å². The van der Waals surface area contributed by atoms with Gasteiger partial charge in [0.1, 0.15) is 5.75 Å². The molecule has 0 radical (unpaired) electrons. The minimum atomic E-state index is -0.348. The van der Waals surface area contributed by atoms with Crippen LogP contribution in [-0.4, -0.2) is 12.8 Å². The molecule has 2 aromatic rings. The Kier molecular flexibility index (Phi) is 5.52. The van der Waals surface area contributed by atoms with E-state index in [-0.39, 0.29) is 12.8 Å². The lowest BCUT2D eigenvalue weighted by molar-refractivity contribution is 0.234. The fourth-order valence-corrected chi connectivity index (χ4v) is 2.29. The van der Waals surface area contributed by atoms with Gasteiger partial charge in [-0.25, -0.2) is 4.79 Å². The smallest absolute Gasteiger partial charge is 0.321 e. The summed E-state index contributed by atoms with van der Waals surface area (Å²) in [5, 5.41) is 6.30. The second kappa shape index (κ2) is 7.38. The molecule has 0 aliphatic rings. The van der Waals surface area contributed by atoms with Gasteiger partial charge in [0, 0.05) is 10.7 Å². The standard InChI is InChI=1S/C16H16Cl2N2O2/c1-10-4-3-5-14(11(10)2)20-16(21)19-9-22-15-7-6-12(17)8-13(15)18/h3-8H,9H2,1-2H3,(H2,19,20,21). The predicted octanol–water partition coefficient (Wildman–Crippen LogP) is 4.77. The largest absolute Gasteiger partial charge is 0.472 e. The monoisotopic (exact) mass is 338 g/mol. The molecule has 0 spiro atoms. The van der Waals surface area contributed by atoms with Crippen LogP contribution in [0.5, 0.6) is 5.75 Å². The van der Waals surface area contributed by atoms with E-state index in [1.165, 1.54) is 0 Å². The summed E-state index contributed by atoms with van der Waals surface area (Å²) in [7, 11) is 0. The molecule has 22 heavy (non-hydrogen) atoms. The quantitative estimate of drug-likeness (QED) is 0.789. The van der Waals surface area contributed by atoms with Crippen molar-refractivity contribution in [3.05, 3.63) is 57.6 Å². The first-order valence-corrected chi connectivity index (χ1v) is 7.42. The number of nitrogens with one attached hydrogen (secondary N) is 2. The molecule has 0 aliphatic heterocycles. The van der Waals surface area contributed by atoms with Gasteiger partial charge in [0.15, 0.2) is 6.73 Å². The van der Waals surface area contributed by atoms with Gasteiger partial charge < -0.3 is 15.4 Å². The Morgan fingerprint density at radius 2 is 1.95 bits per heavy atom. The van der Waals surface area contributed by atoms with Crippen LogP contribution < -0.4 is 15.4 Å². The maximum atomic E-state index is 11.8. The Labute approximate surface area is 139 Å². The summed E-state index contributed by atoms with van der Waals surface area (Å²) in [5.41, 5.74) is 2.91. The lowest BCUT2D eigenvalue weighted by Gasteiger charge is -2.12. The molecule has 2 rings (SSSR count). The van der Waals surface area contributed by atoms with Crippen molar-refractivity contribution in [2.45, 2.75) is 13.8 Å². The van der Waals surface area contributed by atoms with Crippen LogP contribution in [0.1, 0.15) is 11.1 Å².